The first kappa shape index (κ1) is 19.8. The summed E-state index contributed by atoms with van der Waals surface area (Å²) in [5, 5.41) is 5.19. The van der Waals surface area contributed by atoms with Crippen molar-refractivity contribution in [1.29, 1.82) is 0 Å². The smallest absolute Gasteiger partial charge is 0.228 e. The highest BCUT2D eigenvalue weighted by Crippen LogP contribution is 2.29. The number of anilines is 1. The Hall–Kier alpha value is -0.970. The van der Waals surface area contributed by atoms with E-state index in [1.54, 1.807) is 18.2 Å². The number of nitrogens with zero attached hydrogens (tertiary/aromatic N) is 1. The molecule has 1 aliphatic heterocycles. The largest absolute Gasteiger partial charge is 0.324 e. The zero-order chi connectivity index (χ0) is 18.7. The summed E-state index contributed by atoms with van der Waals surface area (Å²) in [7, 11) is 0. The van der Waals surface area contributed by atoms with E-state index < -0.39 is 0 Å². The summed E-state index contributed by atoms with van der Waals surface area (Å²) in [5.74, 6) is -0.177. The van der Waals surface area contributed by atoms with Gasteiger partial charge in [0, 0.05) is 33.7 Å². The van der Waals surface area contributed by atoms with Gasteiger partial charge in [0.15, 0.2) is 0 Å². The molecule has 0 aliphatic carbocycles. The van der Waals surface area contributed by atoms with Crippen LogP contribution in [0.1, 0.15) is 18.4 Å². The van der Waals surface area contributed by atoms with Crippen molar-refractivity contribution in [2.75, 3.05) is 18.4 Å². The molecule has 2 aromatic rings. The van der Waals surface area contributed by atoms with E-state index >= 15 is 0 Å². The Morgan fingerprint density at radius 2 is 1.81 bits per heavy atom. The molecular formula is C19H18Cl4N2O. The van der Waals surface area contributed by atoms with Gasteiger partial charge in [-0.1, -0.05) is 52.5 Å². The number of hydrogen-bond donors (Lipinski definition) is 1. The fourth-order valence-electron chi connectivity index (χ4n) is 3.15. The van der Waals surface area contributed by atoms with Gasteiger partial charge in [0.05, 0.1) is 16.6 Å². The Kier molecular flexibility index (Phi) is 6.70. The number of likely N-dealkylation sites (tertiary alicyclic amines) is 1. The Balaban J connectivity index is 1.66. The zero-order valence-corrected chi connectivity index (χ0v) is 17.0. The van der Waals surface area contributed by atoms with Gasteiger partial charge in [0.1, 0.15) is 0 Å². The average molecular weight is 432 g/mol. The van der Waals surface area contributed by atoms with Crippen LogP contribution < -0.4 is 5.32 Å². The minimum Gasteiger partial charge on any atom is -0.324 e. The molecule has 0 bridgehead atoms. The quantitative estimate of drug-likeness (QED) is 0.629. The number of hydrogen-bond acceptors (Lipinski definition) is 2. The number of carbonyl (C=O) groups is 1. The van der Waals surface area contributed by atoms with Gasteiger partial charge < -0.3 is 5.32 Å². The van der Waals surface area contributed by atoms with Gasteiger partial charge in [-0.25, -0.2) is 0 Å². The molecule has 26 heavy (non-hydrogen) atoms. The van der Waals surface area contributed by atoms with E-state index in [0.717, 1.165) is 24.9 Å². The fraction of sp³-hybridized carbons (Fsp3) is 0.316. The van der Waals surface area contributed by atoms with Crippen molar-refractivity contribution in [3.8, 4) is 0 Å². The Morgan fingerprint density at radius 1 is 1.08 bits per heavy atom. The summed E-state index contributed by atoms with van der Waals surface area (Å²) in [6.45, 7) is 2.18. The predicted octanol–water partition coefficient (Wildman–Crippen LogP) is 6.15. The van der Waals surface area contributed by atoms with E-state index in [0.29, 0.717) is 38.9 Å². The lowest BCUT2D eigenvalue weighted by Gasteiger charge is -2.32. The minimum atomic E-state index is -0.125. The summed E-state index contributed by atoms with van der Waals surface area (Å²) in [6, 6.07) is 10.5. The normalized spacial score (nSPS) is 17.9. The van der Waals surface area contributed by atoms with Crippen molar-refractivity contribution in [2.45, 2.75) is 19.4 Å². The first-order valence-corrected chi connectivity index (χ1v) is 9.86. The maximum atomic E-state index is 12.7. The van der Waals surface area contributed by atoms with Crippen LogP contribution in [-0.4, -0.2) is 23.9 Å². The number of rotatable bonds is 4. The maximum absolute atomic E-state index is 12.7. The van der Waals surface area contributed by atoms with Gasteiger partial charge in [-0.3, -0.25) is 9.69 Å². The highest BCUT2D eigenvalue weighted by molar-refractivity contribution is 6.36. The minimum absolute atomic E-state index is 0.0517. The van der Waals surface area contributed by atoms with Crippen molar-refractivity contribution >= 4 is 58.0 Å². The van der Waals surface area contributed by atoms with Crippen molar-refractivity contribution in [3.63, 3.8) is 0 Å². The standard InChI is InChI=1S/C19H18Cl4N2O/c20-13-6-7-17(23)18(9-13)24-19(26)12-3-2-8-25(10-12)11-14-15(21)4-1-5-16(14)22/h1,4-7,9,12H,2-3,8,10-11H2,(H,24,26). The summed E-state index contributed by atoms with van der Waals surface area (Å²) >= 11 is 24.7. The highest BCUT2D eigenvalue weighted by atomic mass is 35.5. The molecule has 0 spiro atoms. The van der Waals surface area contributed by atoms with Crippen LogP contribution in [0.4, 0.5) is 5.69 Å². The SMILES string of the molecule is O=C(Nc1cc(Cl)ccc1Cl)C1CCCN(Cc2c(Cl)cccc2Cl)C1. The van der Waals surface area contributed by atoms with Crippen molar-refractivity contribution in [2.24, 2.45) is 5.92 Å². The van der Waals surface area contributed by atoms with Gasteiger partial charge in [-0.15, -0.1) is 0 Å². The number of halogens is 4. The van der Waals surface area contributed by atoms with Crippen LogP contribution in [0.2, 0.25) is 20.1 Å². The average Bonchev–Trinajstić information content (AvgIpc) is 2.62. The molecule has 1 fully saturated rings. The van der Waals surface area contributed by atoms with Crippen LogP contribution in [0.3, 0.4) is 0 Å². The highest BCUT2D eigenvalue weighted by Gasteiger charge is 2.27. The third kappa shape index (κ3) is 4.85. The first-order valence-electron chi connectivity index (χ1n) is 8.35. The summed E-state index contributed by atoms with van der Waals surface area (Å²) < 4.78 is 0. The molecule has 1 atom stereocenters. The number of piperidine rings is 1. The van der Waals surface area contributed by atoms with E-state index in [1.807, 2.05) is 18.2 Å². The predicted molar refractivity (Wildman–Crippen MR) is 110 cm³/mol. The molecule has 0 saturated carbocycles. The van der Waals surface area contributed by atoms with Crippen molar-refractivity contribution in [3.05, 3.63) is 62.1 Å². The molecule has 1 heterocycles. The van der Waals surface area contributed by atoms with E-state index in [4.69, 9.17) is 46.4 Å². The maximum Gasteiger partial charge on any atom is 0.228 e. The van der Waals surface area contributed by atoms with Crippen LogP contribution in [-0.2, 0) is 11.3 Å². The molecule has 2 aromatic carbocycles. The molecule has 0 radical (unpaired) electrons. The topological polar surface area (TPSA) is 32.3 Å². The fourth-order valence-corrected chi connectivity index (χ4v) is 4.00. The lowest BCUT2D eigenvalue weighted by Crippen LogP contribution is -2.40. The van der Waals surface area contributed by atoms with E-state index in [-0.39, 0.29) is 11.8 Å². The second-order valence-corrected chi connectivity index (χ2v) is 8.05. The monoisotopic (exact) mass is 430 g/mol. The van der Waals surface area contributed by atoms with Crippen LogP contribution in [0.5, 0.6) is 0 Å². The second kappa shape index (κ2) is 8.81. The van der Waals surface area contributed by atoms with Gasteiger partial charge in [-0.05, 0) is 49.7 Å². The van der Waals surface area contributed by atoms with Crippen LogP contribution in [0, 0.1) is 5.92 Å². The molecule has 0 aromatic heterocycles. The number of nitrogens with one attached hydrogen (secondary N) is 1. The van der Waals surface area contributed by atoms with E-state index in [9.17, 15) is 4.79 Å². The van der Waals surface area contributed by atoms with Gasteiger partial charge >= 0.3 is 0 Å². The molecular weight excluding hydrogens is 414 g/mol. The Bertz CT molecular complexity index is 792. The molecule has 1 N–H and O–H groups in total. The number of carbonyl (C=O) groups excluding carboxylic acids is 1. The second-order valence-electron chi connectivity index (χ2n) is 6.39. The van der Waals surface area contributed by atoms with Crippen molar-refractivity contribution in [1.82, 2.24) is 4.90 Å². The lowest BCUT2D eigenvalue weighted by molar-refractivity contribution is -0.121. The number of benzene rings is 2. The Morgan fingerprint density at radius 3 is 2.54 bits per heavy atom. The van der Waals surface area contributed by atoms with Gasteiger partial charge in [0.25, 0.3) is 0 Å². The molecule has 3 rings (SSSR count). The van der Waals surface area contributed by atoms with Gasteiger partial charge in [0.2, 0.25) is 5.91 Å². The number of amides is 1. The van der Waals surface area contributed by atoms with Gasteiger partial charge in [-0.2, -0.15) is 0 Å². The summed E-state index contributed by atoms with van der Waals surface area (Å²) in [5.41, 5.74) is 1.44. The molecule has 138 valence electrons. The molecule has 1 saturated heterocycles. The molecule has 1 unspecified atom stereocenters. The summed E-state index contributed by atoms with van der Waals surface area (Å²) in [4.78, 5) is 14.9. The van der Waals surface area contributed by atoms with E-state index in [1.165, 1.54) is 0 Å². The van der Waals surface area contributed by atoms with Crippen LogP contribution in [0.25, 0.3) is 0 Å². The third-order valence-corrected chi connectivity index (χ3v) is 5.78. The molecule has 3 nitrogen and oxygen atoms in total. The Labute approximate surface area is 173 Å². The first-order chi connectivity index (χ1) is 12.4. The van der Waals surface area contributed by atoms with E-state index in [2.05, 4.69) is 10.2 Å². The molecule has 7 heteroatoms. The summed E-state index contributed by atoms with van der Waals surface area (Å²) in [6.07, 6.45) is 1.76. The third-order valence-electron chi connectivity index (χ3n) is 4.51. The van der Waals surface area contributed by atoms with Crippen molar-refractivity contribution < 1.29 is 4.79 Å². The zero-order valence-electron chi connectivity index (χ0n) is 13.9. The van der Waals surface area contributed by atoms with Crippen LogP contribution in [0.15, 0.2) is 36.4 Å². The molecule has 1 aliphatic rings. The lowest BCUT2D eigenvalue weighted by atomic mass is 9.96. The van der Waals surface area contributed by atoms with Crippen LogP contribution >= 0.6 is 46.4 Å². The molecule has 1 amide bonds.